The Morgan fingerprint density at radius 3 is 2.82 bits per heavy atom. The summed E-state index contributed by atoms with van der Waals surface area (Å²) in [5.41, 5.74) is 0.931. The molecule has 98 valence electrons. The van der Waals surface area contributed by atoms with E-state index in [1.807, 2.05) is 6.07 Å². The van der Waals surface area contributed by atoms with Crippen LogP contribution in [0.4, 0.5) is 0 Å². The molecule has 0 bridgehead atoms. The van der Waals surface area contributed by atoms with Crippen LogP contribution in [0.5, 0.6) is 0 Å². The van der Waals surface area contributed by atoms with E-state index in [0.29, 0.717) is 12.6 Å². The van der Waals surface area contributed by atoms with E-state index in [9.17, 15) is 0 Å². The van der Waals surface area contributed by atoms with Crippen LogP contribution in [0.1, 0.15) is 52.0 Å². The topological polar surface area (TPSA) is 47.3 Å². The molecule has 0 aliphatic heterocycles. The Labute approximate surface area is 104 Å². The van der Waals surface area contributed by atoms with Crippen LogP contribution in [0.15, 0.2) is 10.6 Å². The van der Waals surface area contributed by atoms with Gasteiger partial charge in [-0.1, -0.05) is 32.3 Å². The molecule has 1 N–H and O–H groups in total. The van der Waals surface area contributed by atoms with Gasteiger partial charge in [0, 0.05) is 18.7 Å². The molecule has 0 aliphatic carbocycles. The van der Waals surface area contributed by atoms with E-state index in [4.69, 9.17) is 9.26 Å². The maximum atomic E-state index is 5.65. The van der Waals surface area contributed by atoms with Gasteiger partial charge in [0.15, 0.2) is 5.76 Å². The Kier molecular flexibility index (Phi) is 6.22. The lowest BCUT2D eigenvalue weighted by atomic mass is 10.2. The Bertz CT molecular complexity index is 310. The summed E-state index contributed by atoms with van der Waals surface area (Å²) in [6.45, 7) is 9.71. The van der Waals surface area contributed by atoms with E-state index in [1.54, 1.807) is 0 Å². The van der Waals surface area contributed by atoms with Gasteiger partial charge in [0.25, 0.3) is 0 Å². The third-order valence-corrected chi connectivity index (χ3v) is 2.50. The molecular formula is C13H24N2O2. The Morgan fingerprint density at radius 2 is 2.18 bits per heavy atom. The quantitative estimate of drug-likeness (QED) is 0.759. The normalized spacial score (nSPS) is 13.2. The highest BCUT2D eigenvalue weighted by Crippen LogP contribution is 2.09. The zero-order valence-corrected chi connectivity index (χ0v) is 11.3. The monoisotopic (exact) mass is 240 g/mol. The molecule has 0 saturated heterocycles. The fourth-order valence-electron chi connectivity index (χ4n) is 1.53. The predicted octanol–water partition coefficient (Wildman–Crippen LogP) is 2.88. The molecule has 1 heterocycles. The van der Waals surface area contributed by atoms with Crippen molar-refractivity contribution in [1.82, 2.24) is 10.5 Å². The van der Waals surface area contributed by atoms with Gasteiger partial charge in [0.2, 0.25) is 0 Å². The Morgan fingerprint density at radius 1 is 1.41 bits per heavy atom. The molecule has 0 aliphatic rings. The summed E-state index contributed by atoms with van der Waals surface area (Å²) >= 11 is 0. The molecular weight excluding hydrogens is 216 g/mol. The molecule has 0 aromatic carbocycles. The minimum absolute atomic E-state index is 0.280. The average molecular weight is 240 g/mol. The van der Waals surface area contributed by atoms with Gasteiger partial charge < -0.3 is 14.6 Å². The maximum absolute atomic E-state index is 5.65. The summed E-state index contributed by atoms with van der Waals surface area (Å²) < 4.78 is 10.9. The first-order chi connectivity index (χ1) is 8.11. The van der Waals surface area contributed by atoms with Gasteiger partial charge in [0.05, 0.1) is 11.8 Å². The smallest absolute Gasteiger partial charge is 0.162 e. The van der Waals surface area contributed by atoms with Crippen molar-refractivity contribution < 1.29 is 9.26 Å². The van der Waals surface area contributed by atoms with E-state index in [1.165, 1.54) is 0 Å². The van der Waals surface area contributed by atoms with Crippen LogP contribution >= 0.6 is 0 Å². The van der Waals surface area contributed by atoms with Gasteiger partial charge in [0.1, 0.15) is 6.61 Å². The molecule has 1 atom stereocenters. The summed E-state index contributed by atoms with van der Waals surface area (Å²) in [6.07, 6.45) is 2.50. The molecule has 0 amide bonds. The number of hydrogen-bond acceptors (Lipinski definition) is 4. The largest absolute Gasteiger partial charge is 0.370 e. The van der Waals surface area contributed by atoms with E-state index in [2.05, 4.69) is 38.2 Å². The van der Waals surface area contributed by atoms with Crippen LogP contribution in [-0.2, 0) is 17.9 Å². The van der Waals surface area contributed by atoms with Crippen molar-refractivity contribution in [2.75, 3.05) is 0 Å². The van der Waals surface area contributed by atoms with Gasteiger partial charge in [-0.05, 0) is 13.3 Å². The molecule has 17 heavy (non-hydrogen) atoms. The summed E-state index contributed by atoms with van der Waals surface area (Å²) in [5, 5.41) is 7.29. The number of nitrogens with one attached hydrogen (secondary N) is 1. The Hall–Kier alpha value is -0.870. The third-order valence-electron chi connectivity index (χ3n) is 2.50. The Balaban J connectivity index is 2.30. The van der Waals surface area contributed by atoms with Gasteiger partial charge >= 0.3 is 0 Å². The molecule has 0 fully saturated rings. The van der Waals surface area contributed by atoms with Gasteiger partial charge in [-0.25, -0.2) is 0 Å². The standard InChI is InChI=1S/C13H24N2O2/c1-5-6-11(4)16-9-13-7-12(15-17-13)8-14-10(2)3/h7,10-11,14H,5-6,8-9H2,1-4H3. The fourth-order valence-corrected chi connectivity index (χ4v) is 1.53. The number of hydrogen-bond donors (Lipinski definition) is 1. The predicted molar refractivity (Wildman–Crippen MR) is 67.6 cm³/mol. The number of nitrogens with zero attached hydrogens (tertiary/aromatic N) is 1. The number of aromatic nitrogens is 1. The minimum atomic E-state index is 0.280. The van der Waals surface area contributed by atoms with Crippen LogP contribution in [0.25, 0.3) is 0 Å². The van der Waals surface area contributed by atoms with Crippen molar-refractivity contribution >= 4 is 0 Å². The van der Waals surface area contributed by atoms with Crippen LogP contribution in [0.2, 0.25) is 0 Å². The highest BCUT2D eigenvalue weighted by atomic mass is 16.5. The van der Waals surface area contributed by atoms with Gasteiger partial charge in [-0.15, -0.1) is 0 Å². The van der Waals surface area contributed by atoms with Crippen molar-refractivity contribution in [2.24, 2.45) is 0 Å². The second-order valence-corrected chi connectivity index (χ2v) is 4.73. The summed E-state index contributed by atoms with van der Waals surface area (Å²) in [4.78, 5) is 0. The SMILES string of the molecule is CCCC(C)OCc1cc(CNC(C)C)no1. The lowest BCUT2D eigenvalue weighted by Crippen LogP contribution is -2.21. The highest BCUT2D eigenvalue weighted by Gasteiger charge is 2.07. The molecule has 1 aromatic heterocycles. The molecule has 4 heteroatoms. The summed E-state index contributed by atoms with van der Waals surface area (Å²) in [5.74, 6) is 0.800. The van der Waals surface area contributed by atoms with Crippen LogP contribution in [0.3, 0.4) is 0 Å². The van der Waals surface area contributed by atoms with Crippen molar-refractivity contribution in [1.29, 1.82) is 0 Å². The van der Waals surface area contributed by atoms with Crippen LogP contribution < -0.4 is 5.32 Å². The van der Waals surface area contributed by atoms with Crippen LogP contribution in [-0.4, -0.2) is 17.3 Å². The van der Waals surface area contributed by atoms with Crippen LogP contribution in [0, 0.1) is 0 Å². The van der Waals surface area contributed by atoms with Crippen molar-refractivity contribution in [3.8, 4) is 0 Å². The van der Waals surface area contributed by atoms with Gasteiger partial charge in [-0.3, -0.25) is 0 Å². The first-order valence-electron chi connectivity index (χ1n) is 6.41. The van der Waals surface area contributed by atoms with Gasteiger partial charge in [-0.2, -0.15) is 0 Å². The minimum Gasteiger partial charge on any atom is -0.370 e. The molecule has 4 nitrogen and oxygen atoms in total. The second kappa shape index (κ2) is 7.45. The van der Waals surface area contributed by atoms with E-state index in [0.717, 1.165) is 30.8 Å². The van der Waals surface area contributed by atoms with Crippen molar-refractivity contribution in [3.63, 3.8) is 0 Å². The van der Waals surface area contributed by atoms with Crippen molar-refractivity contribution in [2.45, 2.75) is 65.8 Å². The zero-order valence-electron chi connectivity index (χ0n) is 11.3. The zero-order chi connectivity index (χ0) is 12.7. The van der Waals surface area contributed by atoms with E-state index in [-0.39, 0.29) is 6.10 Å². The molecule has 1 rings (SSSR count). The number of rotatable bonds is 8. The van der Waals surface area contributed by atoms with Crippen molar-refractivity contribution in [3.05, 3.63) is 17.5 Å². The molecule has 0 saturated carbocycles. The highest BCUT2D eigenvalue weighted by molar-refractivity contribution is 5.04. The lowest BCUT2D eigenvalue weighted by Gasteiger charge is -2.09. The molecule has 1 unspecified atom stereocenters. The lowest BCUT2D eigenvalue weighted by molar-refractivity contribution is 0.0344. The summed E-state index contributed by atoms with van der Waals surface area (Å²) in [6, 6.07) is 2.41. The first kappa shape index (κ1) is 14.2. The third kappa shape index (κ3) is 5.84. The molecule has 1 aromatic rings. The maximum Gasteiger partial charge on any atom is 0.162 e. The average Bonchev–Trinajstić information content (AvgIpc) is 2.72. The number of ether oxygens (including phenoxy) is 1. The second-order valence-electron chi connectivity index (χ2n) is 4.73. The fraction of sp³-hybridized carbons (Fsp3) is 0.769. The first-order valence-corrected chi connectivity index (χ1v) is 6.41. The van der Waals surface area contributed by atoms with E-state index < -0.39 is 0 Å². The molecule has 0 spiro atoms. The summed E-state index contributed by atoms with van der Waals surface area (Å²) in [7, 11) is 0. The molecule has 0 radical (unpaired) electrons. The van der Waals surface area contributed by atoms with E-state index >= 15 is 0 Å².